The second-order valence-electron chi connectivity index (χ2n) is 8.58. The molecule has 0 aliphatic carbocycles. The zero-order chi connectivity index (χ0) is 22.3. The lowest BCUT2D eigenvalue weighted by Gasteiger charge is -2.32. The highest BCUT2D eigenvalue weighted by atomic mass is 16.5. The second kappa shape index (κ2) is 11.0. The first-order valence-corrected chi connectivity index (χ1v) is 11.5. The molecule has 0 bridgehead atoms. The standard InChI is InChI=1S/C22H33N5O5/c1-16-18(14-26-9-4-3-5-10-26)21(25-31-16)22(28)27-11-6-7-17(13-27)30-12-8-19-23-20(15-29-2)32-24-19/h17H,3-15H2,1-2H3. The Morgan fingerprint density at radius 2 is 1.97 bits per heavy atom. The van der Waals surface area contributed by atoms with Crippen molar-refractivity contribution in [3.63, 3.8) is 0 Å². The molecule has 0 N–H and O–H groups in total. The van der Waals surface area contributed by atoms with Crippen LogP contribution < -0.4 is 0 Å². The summed E-state index contributed by atoms with van der Waals surface area (Å²) >= 11 is 0. The van der Waals surface area contributed by atoms with Gasteiger partial charge in [-0.15, -0.1) is 0 Å². The SMILES string of the molecule is COCc1nc(CCOC2CCCN(C(=O)c3noc(C)c3CN3CCCCC3)C2)no1. The molecule has 10 heteroatoms. The van der Waals surface area contributed by atoms with E-state index in [9.17, 15) is 4.79 Å². The Kier molecular flexibility index (Phi) is 7.88. The van der Waals surface area contributed by atoms with Gasteiger partial charge >= 0.3 is 0 Å². The van der Waals surface area contributed by atoms with E-state index in [2.05, 4.69) is 20.2 Å². The van der Waals surface area contributed by atoms with Gasteiger partial charge in [-0.25, -0.2) is 0 Å². The largest absolute Gasteiger partial charge is 0.376 e. The number of hydrogen-bond donors (Lipinski definition) is 0. The third kappa shape index (κ3) is 5.73. The van der Waals surface area contributed by atoms with E-state index in [1.165, 1.54) is 19.3 Å². The molecule has 176 valence electrons. The lowest BCUT2D eigenvalue weighted by Crippen LogP contribution is -2.44. The van der Waals surface area contributed by atoms with E-state index in [1.54, 1.807) is 7.11 Å². The number of methoxy groups -OCH3 is 1. The van der Waals surface area contributed by atoms with E-state index < -0.39 is 0 Å². The molecule has 1 atom stereocenters. The third-order valence-corrected chi connectivity index (χ3v) is 6.14. The number of carbonyl (C=O) groups is 1. The molecular weight excluding hydrogens is 414 g/mol. The average Bonchev–Trinajstić information content (AvgIpc) is 3.41. The van der Waals surface area contributed by atoms with Crippen molar-refractivity contribution < 1.29 is 23.3 Å². The smallest absolute Gasteiger partial charge is 0.276 e. The number of carbonyl (C=O) groups excluding carboxylic acids is 1. The van der Waals surface area contributed by atoms with E-state index >= 15 is 0 Å². The summed E-state index contributed by atoms with van der Waals surface area (Å²) in [6, 6.07) is 0. The summed E-state index contributed by atoms with van der Waals surface area (Å²) in [5.74, 6) is 1.72. The maximum Gasteiger partial charge on any atom is 0.276 e. The first kappa shape index (κ1) is 22.9. The molecule has 2 aromatic heterocycles. The molecule has 2 aliphatic rings. The maximum absolute atomic E-state index is 13.3. The van der Waals surface area contributed by atoms with Gasteiger partial charge in [0, 0.05) is 38.7 Å². The highest BCUT2D eigenvalue weighted by Crippen LogP contribution is 2.22. The normalized spacial score (nSPS) is 20.1. The van der Waals surface area contributed by atoms with Crippen LogP contribution in [0, 0.1) is 6.92 Å². The van der Waals surface area contributed by atoms with E-state index in [1.807, 2.05) is 11.8 Å². The van der Waals surface area contributed by atoms with Gasteiger partial charge in [-0.05, 0) is 45.7 Å². The molecule has 0 saturated carbocycles. The van der Waals surface area contributed by atoms with Gasteiger partial charge < -0.3 is 23.4 Å². The zero-order valence-corrected chi connectivity index (χ0v) is 19.0. The Balaban J connectivity index is 1.30. The fraction of sp³-hybridized carbons (Fsp3) is 0.727. The zero-order valence-electron chi connectivity index (χ0n) is 19.0. The van der Waals surface area contributed by atoms with Crippen molar-refractivity contribution in [1.82, 2.24) is 25.1 Å². The number of piperidine rings is 2. The van der Waals surface area contributed by atoms with E-state index in [-0.39, 0.29) is 12.0 Å². The van der Waals surface area contributed by atoms with Crippen LogP contribution in [0.2, 0.25) is 0 Å². The molecule has 1 amide bonds. The molecule has 2 fully saturated rings. The fourth-order valence-electron chi connectivity index (χ4n) is 4.39. The predicted octanol–water partition coefficient (Wildman–Crippen LogP) is 2.36. The Hall–Kier alpha value is -2.30. The van der Waals surface area contributed by atoms with E-state index in [4.69, 9.17) is 18.5 Å². The molecule has 32 heavy (non-hydrogen) atoms. The Bertz CT molecular complexity index is 876. The number of likely N-dealkylation sites (tertiary alicyclic amines) is 2. The van der Waals surface area contributed by atoms with Gasteiger partial charge in [-0.2, -0.15) is 4.98 Å². The molecular formula is C22H33N5O5. The van der Waals surface area contributed by atoms with Crippen LogP contribution in [0.25, 0.3) is 0 Å². The molecule has 2 saturated heterocycles. The van der Waals surface area contributed by atoms with Gasteiger partial charge in [0.2, 0.25) is 0 Å². The quantitative estimate of drug-likeness (QED) is 0.572. The number of aromatic nitrogens is 3. The van der Waals surface area contributed by atoms with Crippen LogP contribution in [0.4, 0.5) is 0 Å². The lowest BCUT2D eigenvalue weighted by atomic mass is 10.1. The van der Waals surface area contributed by atoms with Crippen molar-refractivity contribution in [2.45, 2.75) is 64.7 Å². The van der Waals surface area contributed by atoms with Crippen LogP contribution in [0.5, 0.6) is 0 Å². The highest BCUT2D eigenvalue weighted by molar-refractivity contribution is 5.93. The predicted molar refractivity (Wildman–Crippen MR) is 114 cm³/mol. The summed E-state index contributed by atoms with van der Waals surface area (Å²) < 4.78 is 21.5. The number of aryl methyl sites for hydroxylation is 1. The van der Waals surface area contributed by atoms with Crippen molar-refractivity contribution in [2.24, 2.45) is 0 Å². The average molecular weight is 448 g/mol. The monoisotopic (exact) mass is 447 g/mol. The van der Waals surface area contributed by atoms with Crippen molar-refractivity contribution in [1.29, 1.82) is 0 Å². The molecule has 2 aliphatic heterocycles. The Morgan fingerprint density at radius 3 is 2.78 bits per heavy atom. The van der Waals surface area contributed by atoms with E-state index in [0.717, 1.165) is 43.8 Å². The summed E-state index contributed by atoms with van der Waals surface area (Å²) in [5, 5.41) is 8.06. The molecule has 1 unspecified atom stereocenters. The number of ether oxygens (including phenoxy) is 2. The maximum atomic E-state index is 13.3. The van der Waals surface area contributed by atoms with Crippen molar-refractivity contribution in [3.8, 4) is 0 Å². The number of hydrogen-bond acceptors (Lipinski definition) is 9. The molecule has 0 aromatic carbocycles. The van der Waals surface area contributed by atoms with Crippen LogP contribution in [0.3, 0.4) is 0 Å². The summed E-state index contributed by atoms with van der Waals surface area (Å²) in [7, 11) is 1.58. The highest BCUT2D eigenvalue weighted by Gasteiger charge is 2.30. The summed E-state index contributed by atoms with van der Waals surface area (Å²) in [5.41, 5.74) is 1.37. The molecule has 0 radical (unpaired) electrons. The first-order chi connectivity index (χ1) is 15.6. The molecule has 4 heterocycles. The summed E-state index contributed by atoms with van der Waals surface area (Å²) in [6.45, 7) is 6.77. The topological polar surface area (TPSA) is 107 Å². The fourth-order valence-corrected chi connectivity index (χ4v) is 4.39. The molecule has 10 nitrogen and oxygen atoms in total. The first-order valence-electron chi connectivity index (χ1n) is 11.5. The second-order valence-corrected chi connectivity index (χ2v) is 8.58. The van der Waals surface area contributed by atoms with Crippen LogP contribution in [0.15, 0.2) is 9.05 Å². The summed E-state index contributed by atoms with van der Waals surface area (Å²) in [4.78, 5) is 21.8. The van der Waals surface area contributed by atoms with Crippen molar-refractivity contribution >= 4 is 5.91 Å². The van der Waals surface area contributed by atoms with E-state index in [0.29, 0.717) is 50.1 Å². The minimum Gasteiger partial charge on any atom is -0.376 e. The number of nitrogens with zero attached hydrogens (tertiary/aromatic N) is 5. The van der Waals surface area contributed by atoms with Gasteiger partial charge in [0.15, 0.2) is 11.5 Å². The third-order valence-electron chi connectivity index (χ3n) is 6.14. The van der Waals surface area contributed by atoms with Crippen LogP contribution in [-0.2, 0) is 29.0 Å². The number of rotatable bonds is 9. The van der Waals surface area contributed by atoms with Gasteiger partial charge in [0.1, 0.15) is 12.4 Å². The van der Waals surface area contributed by atoms with Crippen LogP contribution in [0.1, 0.15) is 65.6 Å². The van der Waals surface area contributed by atoms with Gasteiger partial charge in [0.05, 0.1) is 12.7 Å². The van der Waals surface area contributed by atoms with Gasteiger partial charge in [-0.3, -0.25) is 9.69 Å². The Labute approximate surface area is 188 Å². The molecule has 4 rings (SSSR count). The minimum atomic E-state index is -0.0652. The lowest BCUT2D eigenvalue weighted by molar-refractivity contribution is 0.00213. The Morgan fingerprint density at radius 1 is 1.12 bits per heavy atom. The van der Waals surface area contributed by atoms with Gasteiger partial charge in [-0.1, -0.05) is 16.7 Å². The van der Waals surface area contributed by atoms with Crippen LogP contribution in [-0.4, -0.2) is 77.0 Å². The number of amides is 1. The van der Waals surface area contributed by atoms with Crippen molar-refractivity contribution in [2.75, 3.05) is 39.9 Å². The van der Waals surface area contributed by atoms with Gasteiger partial charge in [0.25, 0.3) is 11.8 Å². The molecule has 0 spiro atoms. The van der Waals surface area contributed by atoms with Crippen molar-refractivity contribution in [3.05, 3.63) is 28.7 Å². The molecule has 2 aromatic rings. The van der Waals surface area contributed by atoms with Crippen LogP contribution >= 0.6 is 0 Å². The minimum absolute atomic E-state index is 0.0170. The summed E-state index contributed by atoms with van der Waals surface area (Å²) in [6.07, 6.45) is 6.04.